The van der Waals surface area contributed by atoms with Crippen molar-refractivity contribution in [1.82, 2.24) is 0 Å². The summed E-state index contributed by atoms with van der Waals surface area (Å²) in [5.41, 5.74) is 7.89. The van der Waals surface area contributed by atoms with Gasteiger partial charge in [0.2, 0.25) is 0 Å². The predicted molar refractivity (Wildman–Crippen MR) is 71.3 cm³/mol. The summed E-state index contributed by atoms with van der Waals surface area (Å²) < 4.78 is 18.7. The highest BCUT2D eigenvalue weighted by atomic mass is 35.5. The van der Waals surface area contributed by atoms with Crippen LogP contribution in [0.4, 0.5) is 10.1 Å². The zero-order valence-electron chi connectivity index (χ0n) is 9.91. The fourth-order valence-electron chi connectivity index (χ4n) is 1.64. The summed E-state index contributed by atoms with van der Waals surface area (Å²) in [5, 5.41) is 0.490. The molecule has 0 aliphatic carbocycles. The molecule has 0 heterocycles. The molecule has 18 heavy (non-hydrogen) atoms. The predicted octanol–water partition coefficient (Wildman–Crippen LogP) is 3.95. The molecular formula is C14H13ClFNO. The van der Waals surface area contributed by atoms with E-state index < -0.39 is 0 Å². The third-order valence-electron chi connectivity index (χ3n) is 2.59. The average molecular weight is 266 g/mol. The lowest BCUT2D eigenvalue weighted by molar-refractivity contribution is 0.303. The van der Waals surface area contributed by atoms with Crippen LogP contribution >= 0.6 is 11.6 Å². The first-order chi connectivity index (χ1) is 8.56. The van der Waals surface area contributed by atoms with E-state index in [0.29, 0.717) is 22.0 Å². The standard InChI is InChI=1S/C14H13ClFNO/c1-9-6-12(17)3-5-14(9)18-8-10-7-11(16)2-4-13(10)15/h2-7H,8,17H2,1H3. The van der Waals surface area contributed by atoms with E-state index in [1.165, 1.54) is 18.2 Å². The van der Waals surface area contributed by atoms with Gasteiger partial charge in [0.15, 0.2) is 0 Å². The minimum Gasteiger partial charge on any atom is -0.489 e. The first-order valence-electron chi connectivity index (χ1n) is 5.49. The molecule has 2 rings (SSSR count). The largest absolute Gasteiger partial charge is 0.489 e. The number of rotatable bonds is 3. The van der Waals surface area contributed by atoms with E-state index in [2.05, 4.69) is 0 Å². The Labute approximate surface area is 110 Å². The van der Waals surface area contributed by atoms with Gasteiger partial charge in [-0.25, -0.2) is 4.39 Å². The lowest BCUT2D eigenvalue weighted by Gasteiger charge is -2.10. The van der Waals surface area contributed by atoms with Crippen LogP contribution in [-0.2, 0) is 6.61 Å². The quantitative estimate of drug-likeness (QED) is 0.853. The molecule has 0 radical (unpaired) electrons. The van der Waals surface area contributed by atoms with Crippen molar-refractivity contribution in [3.05, 3.63) is 58.4 Å². The summed E-state index contributed by atoms with van der Waals surface area (Å²) >= 11 is 5.96. The Morgan fingerprint density at radius 2 is 2.00 bits per heavy atom. The third kappa shape index (κ3) is 2.93. The molecule has 2 aromatic carbocycles. The van der Waals surface area contributed by atoms with Crippen molar-refractivity contribution in [2.45, 2.75) is 13.5 Å². The van der Waals surface area contributed by atoms with E-state index in [1.807, 2.05) is 13.0 Å². The van der Waals surface area contributed by atoms with Crippen molar-refractivity contribution in [3.8, 4) is 5.75 Å². The van der Waals surface area contributed by atoms with Crippen LogP contribution in [0.25, 0.3) is 0 Å². The van der Waals surface area contributed by atoms with E-state index in [9.17, 15) is 4.39 Å². The van der Waals surface area contributed by atoms with Crippen molar-refractivity contribution in [2.75, 3.05) is 5.73 Å². The van der Waals surface area contributed by atoms with Crippen LogP contribution in [0.15, 0.2) is 36.4 Å². The number of ether oxygens (including phenoxy) is 1. The van der Waals surface area contributed by atoms with Crippen molar-refractivity contribution < 1.29 is 9.13 Å². The number of aryl methyl sites for hydroxylation is 1. The third-order valence-corrected chi connectivity index (χ3v) is 2.96. The van der Waals surface area contributed by atoms with E-state index in [0.717, 1.165) is 5.56 Å². The molecule has 0 saturated carbocycles. The highest BCUT2D eigenvalue weighted by Crippen LogP contribution is 2.23. The van der Waals surface area contributed by atoms with Crippen molar-refractivity contribution in [2.24, 2.45) is 0 Å². The number of hydrogen-bond donors (Lipinski definition) is 1. The van der Waals surface area contributed by atoms with Crippen LogP contribution in [-0.4, -0.2) is 0 Å². The molecule has 4 heteroatoms. The first-order valence-corrected chi connectivity index (χ1v) is 5.87. The molecule has 0 amide bonds. The number of benzene rings is 2. The van der Waals surface area contributed by atoms with Crippen LogP contribution in [0.5, 0.6) is 5.75 Å². The fraction of sp³-hybridized carbons (Fsp3) is 0.143. The van der Waals surface area contributed by atoms with Crippen LogP contribution in [0.2, 0.25) is 5.02 Å². The Morgan fingerprint density at radius 1 is 1.22 bits per heavy atom. The summed E-state index contributed by atoms with van der Waals surface area (Å²) in [4.78, 5) is 0. The van der Waals surface area contributed by atoms with Crippen molar-refractivity contribution in [1.29, 1.82) is 0 Å². The van der Waals surface area contributed by atoms with Gasteiger partial charge in [-0.15, -0.1) is 0 Å². The lowest BCUT2D eigenvalue weighted by atomic mass is 10.2. The van der Waals surface area contributed by atoms with Crippen LogP contribution in [0, 0.1) is 12.7 Å². The molecule has 2 N–H and O–H groups in total. The molecule has 0 unspecified atom stereocenters. The lowest BCUT2D eigenvalue weighted by Crippen LogP contribution is -1.99. The Balaban J connectivity index is 2.13. The topological polar surface area (TPSA) is 35.2 Å². The monoisotopic (exact) mass is 265 g/mol. The van der Waals surface area contributed by atoms with Gasteiger partial charge in [0.05, 0.1) is 0 Å². The summed E-state index contributed by atoms with van der Waals surface area (Å²) in [6.07, 6.45) is 0. The summed E-state index contributed by atoms with van der Waals surface area (Å²) in [6.45, 7) is 2.13. The number of nitrogen functional groups attached to an aromatic ring is 1. The van der Waals surface area contributed by atoms with Crippen LogP contribution in [0.3, 0.4) is 0 Å². The molecule has 0 bridgehead atoms. The molecule has 94 valence electrons. The maximum Gasteiger partial charge on any atom is 0.123 e. The highest BCUT2D eigenvalue weighted by Gasteiger charge is 2.05. The smallest absolute Gasteiger partial charge is 0.123 e. The molecule has 0 aromatic heterocycles. The van der Waals surface area contributed by atoms with Gasteiger partial charge in [0.25, 0.3) is 0 Å². The number of anilines is 1. The van der Waals surface area contributed by atoms with Gasteiger partial charge in [-0.3, -0.25) is 0 Å². The SMILES string of the molecule is Cc1cc(N)ccc1OCc1cc(F)ccc1Cl. The molecule has 0 fully saturated rings. The Kier molecular flexibility index (Phi) is 3.72. The second kappa shape index (κ2) is 5.27. The summed E-state index contributed by atoms with van der Waals surface area (Å²) in [7, 11) is 0. The molecule has 0 aliphatic heterocycles. The van der Waals surface area contributed by atoms with E-state index in [1.54, 1.807) is 12.1 Å². The molecule has 0 aliphatic rings. The Bertz CT molecular complexity index is 572. The molecular weight excluding hydrogens is 253 g/mol. The van der Waals surface area contributed by atoms with E-state index in [4.69, 9.17) is 22.1 Å². The second-order valence-electron chi connectivity index (χ2n) is 4.05. The average Bonchev–Trinajstić information content (AvgIpc) is 2.32. The summed E-state index contributed by atoms with van der Waals surface area (Å²) in [5.74, 6) is 0.386. The van der Waals surface area contributed by atoms with E-state index in [-0.39, 0.29) is 12.4 Å². The molecule has 0 spiro atoms. The maximum atomic E-state index is 13.1. The number of hydrogen-bond acceptors (Lipinski definition) is 2. The Morgan fingerprint density at radius 3 is 2.72 bits per heavy atom. The summed E-state index contributed by atoms with van der Waals surface area (Å²) in [6, 6.07) is 9.58. The molecule has 0 saturated heterocycles. The molecule has 2 nitrogen and oxygen atoms in total. The van der Waals surface area contributed by atoms with Gasteiger partial charge < -0.3 is 10.5 Å². The minimum atomic E-state index is -0.327. The van der Waals surface area contributed by atoms with Gasteiger partial charge in [-0.1, -0.05) is 11.6 Å². The number of halogens is 2. The number of nitrogens with two attached hydrogens (primary N) is 1. The molecule has 0 atom stereocenters. The fourth-order valence-corrected chi connectivity index (χ4v) is 1.82. The van der Waals surface area contributed by atoms with Gasteiger partial charge in [0.1, 0.15) is 18.2 Å². The second-order valence-corrected chi connectivity index (χ2v) is 4.46. The van der Waals surface area contributed by atoms with Crippen LogP contribution < -0.4 is 10.5 Å². The van der Waals surface area contributed by atoms with Gasteiger partial charge in [-0.2, -0.15) is 0 Å². The van der Waals surface area contributed by atoms with Crippen LogP contribution in [0.1, 0.15) is 11.1 Å². The van der Waals surface area contributed by atoms with Gasteiger partial charge >= 0.3 is 0 Å². The zero-order valence-corrected chi connectivity index (χ0v) is 10.7. The maximum absolute atomic E-state index is 13.1. The minimum absolute atomic E-state index is 0.224. The van der Waals surface area contributed by atoms with E-state index >= 15 is 0 Å². The normalized spacial score (nSPS) is 10.4. The van der Waals surface area contributed by atoms with Crippen molar-refractivity contribution in [3.63, 3.8) is 0 Å². The highest BCUT2D eigenvalue weighted by molar-refractivity contribution is 6.31. The van der Waals surface area contributed by atoms with Crippen molar-refractivity contribution >= 4 is 17.3 Å². The molecule has 2 aromatic rings. The Hall–Kier alpha value is -1.74. The zero-order chi connectivity index (χ0) is 13.1. The van der Waals surface area contributed by atoms with Gasteiger partial charge in [-0.05, 0) is 48.9 Å². The van der Waals surface area contributed by atoms with Gasteiger partial charge in [0, 0.05) is 16.3 Å². The first kappa shape index (κ1) is 12.7.